The van der Waals surface area contributed by atoms with Gasteiger partial charge in [0.25, 0.3) is 0 Å². The van der Waals surface area contributed by atoms with Crippen molar-refractivity contribution in [3.05, 3.63) is 212 Å². The summed E-state index contributed by atoms with van der Waals surface area (Å²) in [6, 6.07) is 72.2. The Kier molecular flexibility index (Phi) is 8.10. The molecule has 61 heavy (non-hydrogen) atoms. The first-order chi connectivity index (χ1) is 30.2. The van der Waals surface area contributed by atoms with Crippen LogP contribution in [0.3, 0.4) is 0 Å². The van der Waals surface area contributed by atoms with Crippen LogP contribution in [-0.2, 0) is 0 Å². The van der Waals surface area contributed by atoms with Crippen LogP contribution in [-0.4, -0.2) is 24.3 Å². The molecule has 0 spiro atoms. The third-order valence-corrected chi connectivity index (χ3v) is 11.8. The van der Waals surface area contributed by atoms with Crippen LogP contribution < -0.4 is 0 Å². The van der Waals surface area contributed by atoms with Gasteiger partial charge in [-0.3, -0.25) is 4.40 Å². The summed E-state index contributed by atoms with van der Waals surface area (Å²) in [7, 11) is 0. The Bertz CT molecular complexity index is 3530. The van der Waals surface area contributed by atoms with Crippen LogP contribution in [0.4, 0.5) is 0 Å². The van der Waals surface area contributed by atoms with Crippen molar-refractivity contribution < 1.29 is 0 Å². The van der Waals surface area contributed by atoms with E-state index in [2.05, 4.69) is 205 Å². The molecule has 0 N–H and O–H groups in total. The second-order valence-corrected chi connectivity index (χ2v) is 15.5. The minimum atomic E-state index is 0.667. The van der Waals surface area contributed by atoms with Gasteiger partial charge in [0, 0.05) is 55.7 Å². The van der Waals surface area contributed by atoms with E-state index in [0.29, 0.717) is 5.82 Å². The summed E-state index contributed by atoms with van der Waals surface area (Å²) in [5.74, 6) is 0.667. The molecule has 0 bridgehead atoms. The number of rotatable bonds is 6. The van der Waals surface area contributed by atoms with Gasteiger partial charge in [-0.05, 0) is 51.9 Å². The lowest BCUT2D eigenvalue weighted by atomic mass is 10.0. The summed E-state index contributed by atoms with van der Waals surface area (Å²) < 4.78 is 2.25. The molecule has 4 heterocycles. The topological polar surface area (TPSA) is 56.0 Å². The molecular weight excluding hydrogens is 743 g/mol. The van der Waals surface area contributed by atoms with Crippen molar-refractivity contribution in [2.45, 2.75) is 0 Å². The third-order valence-electron chi connectivity index (χ3n) is 11.8. The number of aromatic nitrogens is 5. The van der Waals surface area contributed by atoms with Crippen molar-refractivity contribution in [1.29, 1.82) is 0 Å². The minimum absolute atomic E-state index is 0.667. The van der Waals surface area contributed by atoms with Crippen molar-refractivity contribution in [2.75, 3.05) is 0 Å². The average molecular weight is 778 g/mol. The number of hydrogen-bond donors (Lipinski definition) is 0. The Balaban J connectivity index is 1.04. The number of fused-ring (bicyclic) bond motifs is 7. The van der Waals surface area contributed by atoms with Gasteiger partial charge in [0.15, 0.2) is 5.82 Å². The van der Waals surface area contributed by atoms with Crippen LogP contribution in [0, 0.1) is 0 Å². The highest BCUT2D eigenvalue weighted by Crippen LogP contribution is 2.40. The molecule has 0 radical (unpaired) electrons. The van der Waals surface area contributed by atoms with E-state index in [0.717, 1.165) is 89.2 Å². The molecule has 0 saturated heterocycles. The highest BCUT2D eigenvalue weighted by Gasteiger charge is 2.21. The normalized spacial score (nSPS) is 11.6. The zero-order valence-corrected chi connectivity index (χ0v) is 32.9. The van der Waals surface area contributed by atoms with Crippen molar-refractivity contribution in [3.63, 3.8) is 0 Å². The summed E-state index contributed by atoms with van der Waals surface area (Å²) in [6.07, 6.45) is 2.15. The van der Waals surface area contributed by atoms with Gasteiger partial charge < -0.3 is 0 Å². The first-order valence-electron chi connectivity index (χ1n) is 20.5. The summed E-state index contributed by atoms with van der Waals surface area (Å²) in [6.45, 7) is 0. The fraction of sp³-hybridized carbons (Fsp3) is 0. The summed E-state index contributed by atoms with van der Waals surface area (Å²) in [4.78, 5) is 21.2. The van der Waals surface area contributed by atoms with Crippen LogP contribution in [0.15, 0.2) is 212 Å². The zero-order chi connectivity index (χ0) is 40.3. The third kappa shape index (κ3) is 6.02. The molecule has 0 amide bonds. The fourth-order valence-electron chi connectivity index (χ4n) is 8.77. The first kappa shape index (κ1) is 34.7. The maximum absolute atomic E-state index is 5.50. The molecule has 5 heteroatoms. The summed E-state index contributed by atoms with van der Waals surface area (Å²) in [5.41, 5.74) is 12.6. The van der Waals surface area contributed by atoms with E-state index in [1.165, 1.54) is 21.5 Å². The maximum atomic E-state index is 5.50. The van der Waals surface area contributed by atoms with Crippen LogP contribution in [0.5, 0.6) is 0 Å². The van der Waals surface area contributed by atoms with E-state index in [4.69, 9.17) is 19.9 Å². The summed E-state index contributed by atoms with van der Waals surface area (Å²) in [5, 5.41) is 7.95. The molecule has 12 rings (SSSR count). The van der Waals surface area contributed by atoms with Gasteiger partial charge in [-0.25, -0.2) is 19.9 Å². The van der Waals surface area contributed by atoms with Gasteiger partial charge in [0.2, 0.25) is 0 Å². The molecule has 0 saturated carbocycles. The molecule has 0 fully saturated rings. The highest BCUT2D eigenvalue weighted by molar-refractivity contribution is 6.17. The van der Waals surface area contributed by atoms with Crippen molar-refractivity contribution >= 4 is 48.9 Å². The largest absolute Gasteiger partial charge is 0.298 e. The zero-order valence-electron chi connectivity index (χ0n) is 32.9. The monoisotopic (exact) mass is 777 g/mol. The molecule has 12 aromatic rings. The molecule has 0 aliphatic rings. The van der Waals surface area contributed by atoms with Gasteiger partial charge in [0.05, 0.1) is 34.0 Å². The van der Waals surface area contributed by atoms with E-state index >= 15 is 0 Å². The smallest absolute Gasteiger partial charge is 0.160 e. The maximum Gasteiger partial charge on any atom is 0.160 e. The lowest BCUT2D eigenvalue weighted by Crippen LogP contribution is -1.97. The average Bonchev–Trinajstić information content (AvgIpc) is 3.74. The highest BCUT2D eigenvalue weighted by atomic mass is 15.0. The van der Waals surface area contributed by atoms with E-state index in [1.807, 2.05) is 12.1 Å². The number of nitrogens with zero attached hydrogens (tertiary/aromatic N) is 5. The number of hydrogen-bond acceptors (Lipinski definition) is 4. The molecule has 4 aromatic heterocycles. The number of imidazole rings is 1. The molecule has 8 aromatic carbocycles. The predicted molar refractivity (Wildman–Crippen MR) is 251 cm³/mol. The van der Waals surface area contributed by atoms with Crippen LogP contribution in [0.2, 0.25) is 0 Å². The first-order valence-corrected chi connectivity index (χ1v) is 20.5. The predicted octanol–water partition coefficient (Wildman–Crippen LogP) is 14.1. The fourth-order valence-corrected chi connectivity index (χ4v) is 8.77. The SMILES string of the molecule is c1ccc(-c2nc3c4c(ccn3c2-c2ccc(-c3nc(-c5ccc6ccccc6c5)cc(-c5ccc6ccccc6c5)n3)cc2)c(-c2ccccc2)nc2ccccc24)cc1. The van der Waals surface area contributed by atoms with Crippen molar-refractivity contribution in [3.8, 4) is 67.7 Å². The van der Waals surface area contributed by atoms with E-state index < -0.39 is 0 Å². The lowest BCUT2D eigenvalue weighted by Gasteiger charge is -2.13. The van der Waals surface area contributed by atoms with Crippen LogP contribution in [0.1, 0.15) is 0 Å². The number of benzene rings is 8. The van der Waals surface area contributed by atoms with Crippen molar-refractivity contribution in [2.24, 2.45) is 0 Å². The Morgan fingerprint density at radius 3 is 1.49 bits per heavy atom. The Morgan fingerprint density at radius 1 is 0.328 bits per heavy atom. The summed E-state index contributed by atoms with van der Waals surface area (Å²) >= 11 is 0. The number of pyridine rings is 2. The Morgan fingerprint density at radius 2 is 0.852 bits per heavy atom. The van der Waals surface area contributed by atoms with E-state index in [-0.39, 0.29) is 0 Å². The second-order valence-electron chi connectivity index (χ2n) is 15.5. The molecule has 0 aliphatic carbocycles. The lowest BCUT2D eigenvalue weighted by molar-refractivity contribution is 1.18. The molecule has 0 aliphatic heterocycles. The van der Waals surface area contributed by atoms with Crippen molar-refractivity contribution in [1.82, 2.24) is 24.3 Å². The van der Waals surface area contributed by atoms with Gasteiger partial charge in [-0.2, -0.15) is 0 Å². The molecule has 0 atom stereocenters. The quantitative estimate of drug-likeness (QED) is 0.158. The second kappa shape index (κ2) is 14.2. The molecule has 0 unspecified atom stereocenters. The van der Waals surface area contributed by atoms with Gasteiger partial charge in [0.1, 0.15) is 5.65 Å². The van der Waals surface area contributed by atoms with Gasteiger partial charge in [-0.15, -0.1) is 0 Å². The standard InChI is InChI=1S/C56H35N5/c1-3-15-38(16-4-1)52-47-31-32-61-54(53(39-17-5-2-6-18-39)60-56(61)51(47)46-21-11-12-22-48(46)57-52)40-25-27-41(28-26-40)55-58-49(44-29-23-36-13-7-9-19-42(36)33-44)35-50(59-55)45-30-24-37-14-8-10-20-43(37)34-45/h1-35H. The number of para-hydroxylation sites is 1. The van der Waals surface area contributed by atoms with E-state index in [9.17, 15) is 0 Å². The Hall–Kier alpha value is -8.28. The van der Waals surface area contributed by atoms with Crippen LogP contribution in [0.25, 0.3) is 117 Å². The van der Waals surface area contributed by atoms with E-state index in [1.54, 1.807) is 0 Å². The Labute approximate surface area is 351 Å². The van der Waals surface area contributed by atoms with Gasteiger partial charge >= 0.3 is 0 Å². The molecule has 284 valence electrons. The molecule has 5 nitrogen and oxygen atoms in total. The van der Waals surface area contributed by atoms with Crippen LogP contribution >= 0.6 is 0 Å². The molecular formula is C56H35N5. The minimum Gasteiger partial charge on any atom is -0.298 e. The van der Waals surface area contributed by atoms with Gasteiger partial charge in [-0.1, -0.05) is 176 Å².